The molecule has 68 valence electrons. The maximum atomic E-state index is 5.35. The number of nitrogens with two attached hydrogens (primary N) is 1. The van der Waals surface area contributed by atoms with Gasteiger partial charge in [0.15, 0.2) is 0 Å². The topological polar surface area (TPSA) is 26.0 Å². The fourth-order valence-corrected chi connectivity index (χ4v) is 0.262. The van der Waals surface area contributed by atoms with Crippen molar-refractivity contribution in [2.24, 2.45) is 11.7 Å². The Hall–Kier alpha value is -0.460. The Morgan fingerprint density at radius 1 is 1.27 bits per heavy atom. The third-order valence-electron chi connectivity index (χ3n) is 1.75. The second-order valence-electron chi connectivity index (χ2n) is 2.88. The summed E-state index contributed by atoms with van der Waals surface area (Å²) in [6, 6.07) is 0. The minimum Gasteiger partial charge on any atom is -0.402 e. The van der Waals surface area contributed by atoms with Crippen molar-refractivity contribution >= 4 is 0 Å². The van der Waals surface area contributed by atoms with E-state index < -0.39 is 0 Å². The second-order valence-corrected chi connectivity index (χ2v) is 2.88. The number of rotatable bonds is 3. The Balaban J connectivity index is 0. The fourth-order valence-electron chi connectivity index (χ4n) is 0.262. The summed E-state index contributed by atoms with van der Waals surface area (Å²) in [5.74, 6) is 0.486. The van der Waals surface area contributed by atoms with Crippen LogP contribution in [0.1, 0.15) is 47.0 Å². The maximum Gasteiger partial charge on any atom is 0.00361 e. The van der Waals surface area contributed by atoms with Crippen LogP contribution in [0.5, 0.6) is 0 Å². The quantitative estimate of drug-likeness (QED) is 0.668. The molecule has 0 aromatic rings. The zero-order chi connectivity index (χ0) is 9.28. The summed E-state index contributed by atoms with van der Waals surface area (Å²) >= 11 is 0. The van der Waals surface area contributed by atoms with Crippen LogP contribution in [0.25, 0.3) is 0 Å². The summed E-state index contributed by atoms with van der Waals surface area (Å²) in [7, 11) is 0. The average molecular weight is 157 g/mol. The predicted molar refractivity (Wildman–Crippen MR) is 53.4 cm³/mol. The van der Waals surface area contributed by atoms with Crippen molar-refractivity contribution in [1.29, 1.82) is 0 Å². The van der Waals surface area contributed by atoms with Gasteiger partial charge in [0.2, 0.25) is 0 Å². The molecule has 0 aromatic heterocycles. The first-order valence-electron chi connectivity index (χ1n) is 4.54. The number of unbranched alkanes of at least 4 members (excludes halogenated alkanes) is 1. The standard InChI is InChI=1S/C6H13N.C4H10/c1-4-5(2)6(3)7;1-3-4-2/h5H,3-4,7H2,1-2H3;3-4H2,1-2H3. The van der Waals surface area contributed by atoms with E-state index >= 15 is 0 Å². The zero-order valence-corrected chi connectivity index (χ0v) is 8.48. The van der Waals surface area contributed by atoms with E-state index in [-0.39, 0.29) is 0 Å². The molecule has 1 heteroatoms. The van der Waals surface area contributed by atoms with Crippen LogP contribution >= 0.6 is 0 Å². The molecule has 0 fully saturated rings. The van der Waals surface area contributed by atoms with Crippen LogP contribution in [-0.4, -0.2) is 0 Å². The summed E-state index contributed by atoms with van der Waals surface area (Å²) in [6.07, 6.45) is 3.73. The van der Waals surface area contributed by atoms with Gasteiger partial charge in [-0.25, -0.2) is 0 Å². The van der Waals surface area contributed by atoms with E-state index in [1.807, 2.05) is 0 Å². The van der Waals surface area contributed by atoms with Crippen LogP contribution in [0, 0.1) is 5.92 Å². The molecule has 1 unspecified atom stereocenters. The van der Waals surface area contributed by atoms with E-state index in [9.17, 15) is 0 Å². The molecule has 0 spiro atoms. The Morgan fingerprint density at radius 3 is 1.64 bits per heavy atom. The van der Waals surface area contributed by atoms with Gasteiger partial charge < -0.3 is 5.73 Å². The van der Waals surface area contributed by atoms with Crippen molar-refractivity contribution in [3.05, 3.63) is 12.3 Å². The lowest BCUT2D eigenvalue weighted by Gasteiger charge is -2.04. The van der Waals surface area contributed by atoms with Crippen LogP contribution in [0.2, 0.25) is 0 Å². The summed E-state index contributed by atoms with van der Waals surface area (Å²) in [5.41, 5.74) is 6.15. The molecule has 0 aromatic carbocycles. The van der Waals surface area contributed by atoms with Crippen molar-refractivity contribution in [1.82, 2.24) is 0 Å². The minimum atomic E-state index is 0.486. The largest absolute Gasteiger partial charge is 0.402 e. The molecule has 1 atom stereocenters. The minimum absolute atomic E-state index is 0.486. The monoisotopic (exact) mass is 157 g/mol. The Morgan fingerprint density at radius 2 is 1.64 bits per heavy atom. The van der Waals surface area contributed by atoms with Gasteiger partial charge >= 0.3 is 0 Å². The first-order valence-corrected chi connectivity index (χ1v) is 4.54. The Labute approximate surface area is 71.7 Å². The number of hydrogen-bond acceptors (Lipinski definition) is 1. The highest BCUT2D eigenvalue weighted by Crippen LogP contribution is 2.04. The molecule has 0 rings (SSSR count). The molecular weight excluding hydrogens is 134 g/mol. The van der Waals surface area contributed by atoms with Crippen LogP contribution in [-0.2, 0) is 0 Å². The molecule has 0 saturated heterocycles. The Kier molecular flexibility index (Phi) is 11.4. The maximum absolute atomic E-state index is 5.35. The molecule has 0 radical (unpaired) electrons. The second kappa shape index (κ2) is 9.54. The number of allylic oxidation sites excluding steroid dienone is 1. The highest BCUT2D eigenvalue weighted by atomic mass is 14.6. The molecule has 1 nitrogen and oxygen atoms in total. The average Bonchev–Trinajstić information content (AvgIpc) is 2.03. The van der Waals surface area contributed by atoms with Crippen molar-refractivity contribution in [2.45, 2.75) is 47.0 Å². The van der Waals surface area contributed by atoms with Gasteiger partial charge in [0, 0.05) is 5.70 Å². The summed E-state index contributed by atoms with van der Waals surface area (Å²) < 4.78 is 0. The van der Waals surface area contributed by atoms with Crippen LogP contribution < -0.4 is 5.73 Å². The van der Waals surface area contributed by atoms with E-state index in [2.05, 4.69) is 34.3 Å². The van der Waals surface area contributed by atoms with E-state index in [0.717, 1.165) is 12.1 Å². The molecule has 0 bridgehead atoms. The molecular formula is C10H23N. The summed E-state index contributed by atoms with van der Waals surface area (Å²) in [5, 5.41) is 0. The first-order chi connectivity index (χ1) is 5.09. The number of hydrogen-bond donors (Lipinski definition) is 1. The Bertz CT molecular complexity index is 84.9. The van der Waals surface area contributed by atoms with E-state index in [0.29, 0.717) is 5.92 Å². The summed E-state index contributed by atoms with van der Waals surface area (Å²) in [4.78, 5) is 0. The molecule has 0 amide bonds. The molecule has 0 aliphatic heterocycles. The van der Waals surface area contributed by atoms with Gasteiger partial charge in [-0.2, -0.15) is 0 Å². The first kappa shape index (κ1) is 13.2. The van der Waals surface area contributed by atoms with Crippen LogP contribution in [0.3, 0.4) is 0 Å². The third-order valence-corrected chi connectivity index (χ3v) is 1.75. The van der Waals surface area contributed by atoms with Crippen LogP contribution in [0.15, 0.2) is 12.3 Å². The van der Waals surface area contributed by atoms with Gasteiger partial charge in [-0.3, -0.25) is 0 Å². The lowest BCUT2D eigenvalue weighted by molar-refractivity contribution is 0.650. The van der Waals surface area contributed by atoms with E-state index in [4.69, 9.17) is 5.73 Å². The van der Waals surface area contributed by atoms with Gasteiger partial charge in [-0.15, -0.1) is 0 Å². The van der Waals surface area contributed by atoms with Crippen molar-refractivity contribution in [3.63, 3.8) is 0 Å². The van der Waals surface area contributed by atoms with Gasteiger partial charge in [-0.1, -0.05) is 47.1 Å². The molecule has 0 aliphatic rings. The van der Waals surface area contributed by atoms with Gasteiger partial charge in [0.1, 0.15) is 0 Å². The van der Waals surface area contributed by atoms with E-state index in [1.54, 1.807) is 0 Å². The third kappa shape index (κ3) is 12.7. The predicted octanol–water partition coefficient (Wildman–Crippen LogP) is 3.31. The molecule has 2 N–H and O–H groups in total. The zero-order valence-electron chi connectivity index (χ0n) is 8.48. The highest BCUT2D eigenvalue weighted by Gasteiger charge is 1.95. The molecule has 0 heterocycles. The molecule has 11 heavy (non-hydrogen) atoms. The van der Waals surface area contributed by atoms with Gasteiger partial charge in [-0.05, 0) is 12.3 Å². The van der Waals surface area contributed by atoms with Crippen molar-refractivity contribution < 1.29 is 0 Å². The highest BCUT2D eigenvalue weighted by molar-refractivity contribution is 4.90. The molecule has 0 saturated carbocycles. The lowest BCUT2D eigenvalue weighted by atomic mass is 10.1. The summed E-state index contributed by atoms with van der Waals surface area (Å²) in [6.45, 7) is 12.1. The smallest absolute Gasteiger partial charge is 0.00361 e. The molecule has 0 aliphatic carbocycles. The van der Waals surface area contributed by atoms with Crippen LogP contribution in [0.4, 0.5) is 0 Å². The SMILES string of the molecule is C=C(N)C(C)CC.CCCC. The fraction of sp³-hybridized carbons (Fsp3) is 0.800. The van der Waals surface area contributed by atoms with Gasteiger partial charge in [0.25, 0.3) is 0 Å². The van der Waals surface area contributed by atoms with Crippen molar-refractivity contribution in [2.75, 3.05) is 0 Å². The van der Waals surface area contributed by atoms with Crippen molar-refractivity contribution in [3.8, 4) is 0 Å². The van der Waals surface area contributed by atoms with E-state index in [1.165, 1.54) is 12.8 Å². The lowest BCUT2D eigenvalue weighted by Crippen LogP contribution is -2.04. The normalized spacial score (nSPS) is 11.3. The van der Waals surface area contributed by atoms with Gasteiger partial charge in [0.05, 0.1) is 0 Å².